The van der Waals surface area contributed by atoms with Crippen LogP contribution in [-0.4, -0.2) is 27.0 Å². The second-order valence-electron chi connectivity index (χ2n) is 4.09. The molecule has 22 heavy (non-hydrogen) atoms. The van der Waals surface area contributed by atoms with Gasteiger partial charge in [0, 0.05) is 0 Å². The SMILES string of the molecule is O=C(O)c1cnc(NC(=O)c2ccccc2C(F)(F)F)cn1. The van der Waals surface area contributed by atoms with Gasteiger partial charge in [0.25, 0.3) is 5.91 Å². The van der Waals surface area contributed by atoms with Gasteiger partial charge in [0.2, 0.25) is 0 Å². The quantitative estimate of drug-likeness (QED) is 0.908. The molecule has 2 N–H and O–H groups in total. The first-order valence-corrected chi connectivity index (χ1v) is 5.82. The summed E-state index contributed by atoms with van der Waals surface area (Å²) in [4.78, 5) is 29.6. The maximum Gasteiger partial charge on any atom is 0.417 e. The van der Waals surface area contributed by atoms with Crippen molar-refractivity contribution in [2.24, 2.45) is 0 Å². The van der Waals surface area contributed by atoms with E-state index in [9.17, 15) is 22.8 Å². The summed E-state index contributed by atoms with van der Waals surface area (Å²) in [5.74, 6) is -2.50. The van der Waals surface area contributed by atoms with Gasteiger partial charge in [0.1, 0.15) is 0 Å². The lowest BCUT2D eigenvalue weighted by Crippen LogP contribution is -2.19. The number of rotatable bonds is 3. The minimum Gasteiger partial charge on any atom is -0.476 e. The molecule has 114 valence electrons. The summed E-state index contributed by atoms with van der Waals surface area (Å²) < 4.78 is 38.4. The van der Waals surface area contributed by atoms with Crippen LogP contribution in [0.2, 0.25) is 0 Å². The number of nitrogens with one attached hydrogen (secondary N) is 1. The first-order valence-electron chi connectivity index (χ1n) is 5.82. The Morgan fingerprint density at radius 3 is 2.32 bits per heavy atom. The van der Waals surface area contributed by atoms with Gasteiger partial charge in [-0.2, -0.15) is 13.2 Å². The van der Waals surface area contributed by atoms with E-state index in [1.807, 2.05) is 0 Å². The number of anilines is 1. The van der Waals surface area contributed by atoms with Crippen LogP contribution in [0, 0.1) is 0 Å². The van der Waals surface area contributed by atoms with Crippen molar-refractivity contribution in [3.8, 4) is 0 Å². The normalized spacial score (nSPS) is 11.0. The molecule has 0 aliphatic heterocycles. The Hall–Kier alpha value is -2.97. The molecule has 1 aromatic carbocycles. The van der Waals surface area contributed by atoms with Crippen molar-refractivity contribution < 1.29 is 27.9 Å². The number of carbonyl (C=O) groups is 2. The third kappa shape index (κ3) is 3.37. The molecule has 1 amide bonds. The Labute approximate surface area is 121 Å². The molecule has 1 aromatic heterocycles. The first kappa shape index (κ1) is 15.4. The average molecular weight is 311 g/mol. The third-order valence-corrected chi connectivity index (χ3v) is 2.59. The van der Waals surface area contributed by atoms with E-state index in [2.05, 4.69) is 15.3 Å². The van der Waals surface area contributed by atoms with Crippen LogP contribution in [0.1, 0.15) is 26.4 Å². The molecule has 6 nitrogen and oxygen atoms in total. The molecule has 1 heterocycles. The summed E-state index contributed by atoms with van der Waals surface area (Å²) in [5, 5.41) is 10.8. The summed E-state index contributed by atoms with van der Waals surface area (Å²) in [6, 6.07) is 4.27. The fourth-order valence-corrected chi connectivity index (χ4v) is 1.61. The fraction of sp³-hybridized carbons (Fsp3) is 0.0769. The summed E-state index contributed by atoms with van der Waals surface area (Å²) in [6.07, 6.45) is -2.85. The van der Waals surface area contributed by atoms with Crippen molar-refractivity contribution in [1.82, 2.24) is 9.97 Å². The van der Waals surface area contributed by atoms with E-state index in [4.69, 9.17) is 5.11 Å². The fourth-order valence-electron chi connectivity index (χ4n) is 1.61. The van der Waals surface area contributed by atoms with Gasteiger partial charge in [-0.15, -0.1) is 0 Å². The number of hydrogen-bond acceptors (Lipinski definition) is 4. The van der Waals surface area contributed by atoms with Crippen LogP contribution >= 0.6 is 0 Å². The third-order valence-electron chi connectivity index (χ3n) is 2.59. The van der Waals surface area contributed by atoms with Crippen LogP contribution in [0.25, 0.3) is 0 Å². The highest BCUT2D eigenvalue weighted by molar-refractivity contribution is 6.04. The minimum atomic E-state index is -4.67. The van der Waals surface area contributed by atoms with Crippen molar-refractivity contribution in [2.75, 3.05) is 5.32 Å². The van der Waals surface area contributed by atoms with Crippen LogP contribution in [0.15, 0.2) is 36.7 Å². The summed E-state index contributed by atoms with van der Waals surface area (Å²) in [5.41, 5.74) is -2.00. The zero-order valence-electron chi connectivity index (χ0n) is 10.8. The molecule has 2 aromatic rings. The number of halogens is 3. The topological polar surface area (TPSA) is 92.2 Å². The number of nitrogens with zero attached hydrogens (tertiary/aromatic N) is 2. The van der Waals surface area contributed by atoms with Crippen LogP contribution in [0.3, 0.4) is 0 Å². The molecular weight excluding hydrogens is 303 g/mol. The number of carboxylic acid groups (broad SMARTS) is 1. The molecule has 0 saturated heterocycles. The monoisotopic (exact) mass is 311 g/mol. The predicted octanol–water partition coefficient (Wildman–Crippen LogP) is 2.45. The largest absolute Gasteiger partial charge is 0.476 e. The number of carbonyl (C=O) groups excluding carboxylic acids is 1. The molecule has 2 rings (SSSR count). The van der Waals surface area contributed by atoms with Crippen molar-refractivity contribution in [3.05, 3.63) is 53.5 Å². The standard InChI is InChI=1S/C13H8F3N3O3/c14-13(15,16)8-4-2-1-3-7(8)11(20)19-10-6-17-9(5-18-10)12(21)22/h1-6H,(H,21,22)(H,18,19,20). The van der Waals surface area contributed by atoms with Gasteiger partial charge in [-0.3, -0.25) is 4.79 Å². The van der Waals surface area contributed by atoms with E-state index in [0.29, 0.717) is 0 Å². The number of aromatic nitrogens is 2. The minimum absolute atomic E-state index is 0.160. The molecular formula is C13H8F3N3O3. The Kier molecular flexibility index (Phi) is 4.06. The summed E-state index contributed by atoms with van der Waals surface area (Å²) in [6.45, 7) is 0. The van der Waals surface area contributed by atoms with Crippen molar-refractivity contribution in [1.29, 1.82) is 0 Å². The molecule has 0 bridgehead atoms. The van der Waals surface area contributed by atoms with Crippen LogP contribution in [0.5, 0.6) is 0 Å². The lowest BCUT2D eigenvalue weighted by molar-refractivity contribution is -0.137. The van der Waals surface area contributed by atoms with Crippen LogP contribution < -0.4 is 5.32 Å². The van der Waals surface area contributed by atoms with E-state index < -0.39 is 29.2 Å². The van der Waals surface area contributed by atoms with Gasteiger partial charge < -0.3 is 10.4 Å². The Morgan fingerprint density at radius 1 is 1.09 bits per heavy atom. The molecule has 9 heteroatoms. The zero-order chi connectivity index (χ0) is 16.3. The summed E-state index contributed by atoms with van der Waals surface area (Å²) >= 11 is 0. The number of hydrogen-bond donors (Lipinski definition) is 2. The number of carboxylic acids is 1. The van der Waals surface area contributed by atoms with Gasteiger partial charge in [-0.05, 0) is 12.1 Å². The van der Waals surface area contributed by atoms with Gasteiger partial charge in [0.05, 0.1) is 23.5 Å². The number of benzene rings is 1. The highest BCUT2D eigenvalue weighted by atomic mass is 19.4. The Bertz CT molecular complexity index is 714. The number of alkyl halides is 3. The second-order valence-corrected chi connectivity index (χ2v) is 4.09. The van der Waals surface area contributed by atoms with Crippen molar-refractivity contribution in [2.45, 2.75) is 6.18 Å². The maximum absolute atomic E-state index is 12.8. The lowest BCUT2D eigenvalue weighted by atomic mass is 10.1. The zero-order valence-corrected chi connectivity index (χ0v) is 10.8. The van der Waals surface area contributed by atoms with E-state index in [-0.39, 0.29) is 11.5 Å². The molecule has 0 atom stereocenters. The van der Waals surface area contributed by atoms with E-state index >= 15 is 0 Å². The molecule has 0 aliphatic rings. The Morgan fingerprint density at radius 2 is 1.77 bits per heavy atom. The van der Waals surface area contributed by atoms with Crippen LogP contribution in [0.4, 0.5) is 19.0 Å². The second kappa shape index (κ2) is 5.80. The van der Waals surface area contributed by atoms with Gasteiger partial charge in [0.15, 0.2) is 11.5 Å². The highest BCUT2D eigenvalue weighted by Crippen LogP contribution is 2.32. The van der Waals surface area contributed by atoms with Gasteiger partial charge in [-0.1, -0.05) is 12.1 Å². The average Bonchev–Trinajstić information content (AvgIpc) is 2.47. The van der Waals surface area contributed by atoms with Crippen molar-refractivity contribution >= 4 is 17.7 Å². The maximum atomic E-state index is 12.8. The highest BCUT2D eigenvalue weighted by Gasteiger charge is 2.34. The number of amides is 1. The molecule has 0 unspecified atom stereocenters. The number of aromatic carboxylic acids is 1. The molecule has 0 aliphatic carbocycles. The Balaban J connectivity index is 2.25. The van der Waals surface area contributed by atoms with E-state index in [1.54, 1.807) is 0 Å². The molecule has 0 saturated carbocycles. The molecule has 0 fully saturated rings. The smallest absolute Gasteiger partial charge is 0.417 e. The van der Waals surface area contributed by atoms with Gasteiger partial charge in [-0.25, -0.2) is 14.8 Å². The predicted molar refractivity (Wildman–Crippen MR) is 68.4 cm³/mol. The first-order chi connectivity index (χ1) is 10.3. The molecule has 0 radical (unpaired) electrons. The van der Waals surface area contributed by atoms with E-state index in [1.165, 1.54) is 12.1 Å². The van der Waals surface area contributed by atoms with Crippen molar-refractivity contribution in [3.63, 3.8) is 0 Å². The van der Waals surface area contributed by atoms with Gasteiger partial charge >= 0.3 is 12.1 Å². The lowest BCUT2D eigenvalue weighted by Gasteiger charge is -2.12. The molecule has 0 spiro atoms. The van der Waals surface area contributed by atoms with E-state index in [0.717, 1.165) is 24.5 Å². The van der Waals surface area contributed by atoms with Crippen LogP contribution in [-0.2, 0) is 6.18 Å². The summed E-state index contributed by atoms with van der Waals surface area (Å²) in [7, 11) is 0.